The van der Waals surface area contributed by atoms with Gasteiger partial charge < -0.3 is 9.72 Å². The molecule has 0 saturated heterocycles. The molecule has 0 atom stereocenters. The van der Waals surface area contributed by atoms with Crippen molar-refractivity contribution < 1.29 is 4.74 Å². The van der Waals surface area contributed by atoms with Crippen molar-refractivity contribution in [2.24, 2.45) is 0 Å². The van der Waals surface area contributed by atoms with Crippen molar-refractivity contribution >= 4 is 28.6 Å². The van der Waals surface area contributed by atoms with Crippen LogP contribution in [0.25, 0.3) is 11.3 Å². The summed E-state index contributed by atoms with van der Waals surface area (Å²) in [6.07, 6.45) is 2.69. The van der Waals surface area contributed by atoms with Gasteiger partial charge in [0.15, 0.2) is 0 Å². The Balaban J connectivity index is 2.29. The molecule has 3 nitrogen and oxygen atoms in total. The van der Waals surface area contributed by atoms with Crippen molar-refractivity contribution in [2.75, 3.05) is 12.9 Å². The van der Waals surface area contributed by atoms with E-state index in [1.54, 1.807) is 7.11 Å². The molecule has 1 heterocycles. The number of H-pyrrole nitrogens is 1. The third kappa shape index (κ3) is 2.84. The van der Waals surface area contributed by atoms with Gasteiger partial charge in [0, 0.05) is 12.0 Å². The van der Waals surface area contributed by atoms with Gasteiger partial charge in [0.25, 0.3) is 0 Å². The van der Waals surface area contributed by atoms with Crippen LogP contribution in [0.5, 0.6) is 5.75 Å². The van der Waals surface area contributed by atoms with Crippen molar-refractivity contribution in [1.82, 2.24) is 9.97 Å². The van der Waals surface area contributed by atoms with E-state index in [9.17, 15) is 0 Å². The number of nitrogens with zero attached hydrogens (tertiary/aromatic N) is 1. The lowest BCUT2D eigenvalue weighted by Crippen LogP contribution is -1.89. The van der Waals surface area contributed by atoms with E-state index in [4.69, 9.17) is 4.74 Å². The highest BCUT2D eigenvalue weighted by molar-refractivity contribution is 9.10. The number of aryl methyl sites for hydroxylation is 1. The first-order chi connectivity index (χ1) is 8.24. The summed E-state index contributed by atoms with van der Waals surface area (Å²) < 4.78 is 6.13. The van der Waals surface area contributed by atoms with Gasteiger partial charge in [0.1, 0.15) is 11.6 Å². The zero-order chi connectivity index (χ0) is 12.3. The van der Waals surface area contributed by atoms with Gasteiger partial charge in [0.05, 0.1) is 23.5 Å². The van der Waals surface area contributed by atoms with Crippen molar-refractivity contribution in [2.45, 2.75) is 6.42 Å². The Morgan fingerprint density at radius 1 is 1.47 bits per heavy atom. The SMILES string of the molecule is COc1ccc(-c2cnc(CCS)[nH]2)cc1Br. The van der Waals surface area contributed by atoms with Gasteiger partial charge in [-0.3, -0.25) is 0 Å². The molecule has 5 heteroatoms. The number of benzene rings is 1. The largest absolute Gasteiger partial charge is 0.496 e. The number of halogens is 1. The van der Waals surface area contributed by atoms with Crippen LogP contribution in [0.1, 0.15) is 5.82 Å². The molecule has 1 N–H and O–H groups in total. The Labute approximate surface area is 114 Å². The molecule has 0 amide bonds. The molecule has 0 fully saturated rings. The molecule has 0 aliphatic carbocycles. The molecule has 2 rings (SSSR count). The van der Waals surface area contributed by atoms with Gasteiger partial charge in [-0.05, 0) is 39.9 Å². The molecule has 1 aromatic carbocycles. The lowest BCUT2D eigenvalue weighted by atomic mass is 10.2. The van der Waals surface area contributed by atoms with Crippen LogP contribution < -0.4 is 4.74 Å². The fourth-order valence-electron chi connectivity index (χ4n) is 1.58. The van der Waals surface area contributed by atoms with E-state index in [0.29, 0.717) is 0 Å². The van der Waals surface area contributed by atoms with Crippen LogP contribution in [0.4, 0.5) is 0 Å². The Morgan fingerprint density at radius 2 is 2.29 bits per heavy atom. The number of thiol groups is 1. The molecule has 0 unspecified atom stereocenters. The van der Waals surface area contributed by atoms with Gasteiger partial charge in [-0.1, -0.05) is 0 Å². The number of hydrogen-bond donors (Lipinski definition) is 2. The molecular weight excluding hydrogens is 300 g/mol. The first kappa shape index (κ1) is 12.5. The summed E-state index contributed by atoms with van der Waals surface area (Å²) in [7, 11) is 1.65. The predicted molar refractivity (Wildman–Crippen MR) is 75.8 cm³/mol. The minimum Gasteiger partial charge on any atom is -0.496 e. The maximum atomic E-state index is 5.20. The quantitative estimate of drug-likeness (QED) is 0.850. The van der Waals surface area contributed by atoms with E-state index >= 15 is 0 Å². The third-order valence-corrected chi connectivity index (χ3v) is 3.28. The zero-order valence-electron chi connectivity index (χ0n) is 9.40. The van der Waals surface area contributed by atoms with Crippen molar-refractivity contribution in [1.29, 1.82) is 0 Å². The van der Waals surface area contributed by atoms with Crippen molar-refractivity contribution in [3.8, 4) is 17.0 Å². The smallest absolute Gasteiger partial charge is 0.133 e. The van der Waals surface area contributed by atoms with Gasteiger partial charge >= 0.3 is 0 Å². The van der Waals surface area contributed by atoms with Crippen LogP contribution in [0.15, 0.2) is 28.9 Å². The van der Waals surface area contributed by atoms with E-state index < -0.39 is 0 Å². The first-order valence-corrected chi connectivity index (χ1v) is 6.66. The van der Waals surface area contributed by atoms with Crippen LogP contribution in [0.2, 0.25) is 0 Å². The zero-order valence-corrected chi connectivity index (χ0v) is 11.9. The average Bonchev–Trinajstić information content (AvgIpc) is 2.78. The van der Waals surface area contributed by atoms with E-state index in [1.165, 1.54) is 0 Å². The number of aromatic nitrogens is 2. The Hall–Kier alpha value is -0.940. The second-order valence-electron chi connectivity index (χ2n) is 3.57. The topological polar surface area (TPSA) is 37.9 Å². The minimum absolute atomic E-state index is 0.791. The number of rotatable bonds is 4. The maximum Gasteiger partial charge on any atom is 0.133 e. The number of nitrogens with one attached hydrogen (secondary N) is 1. The van der Waals surface area contributed by atoms with Crippen LogP contribution in [-0.2, 0) is 6.42 Å². The Bertz CT molecular complexity index is 513. The molecule has 0 radical (unpaired) electrons. The number of hydrogen-bond acceptors (Lipinski definition) is 3. The molecule has 0 spiro atoms. The van der Waals surface area contributed by atoms with Crippen LogP contribution >= 0.6 is 28.6 Å². The number of ether oxygens (including phenoxy) is 1. The number of methoxy groups -OCH3 is 1. The second-order valence-corrected chi connectivity index (χ2v) is 4.87. The summed E-state index contributed by atoms with van der Waals surface area (Å²) in [4.78, 5) is 7.58. The highest BCUT2D eigenvalue weighted by Crippen LogP contribution is 2.29. The molecule has 2 aromatic rings. The molecule has 0 aliphatic rings. The van der Waals surface area contributed by atoms with Crippen LogP contribution in [-0.4, -0.2) is 22.8 Å². The standard InChI is InChI=1S/C12H13BrN2OS/c1-16-11-3-2-8(6-9(11)13)10-7-14-12(15-10)4-5-17/h2-3,6-7,17H,4-5H2,1H3,(H,14,15). The molecule has 0 bridgehead atoms. The van der Waals surface area contributed by atoms with E-state index in [0.717, 1.165) is 39.5 Å². The molecule has 1 aromatic heterocycles. The van der Waals surface area contributed by atoms with Crippen molar-refractivity contribution in [3.63, 3.8) is 0 Å². The number of imidazole rings is 1. The van der Waals surface area contributed by atoms with Crippen LogP contribution in [0, 0.1) is 0 Å². The van der Waals surface area contributed by atoms with Crippen LogP contribution in [0.3, 0.4) is 0 Å². The first-order valence-electron chi connectivity index (χ1n) is 5.23. The Kier molecular flexibility index (Phi) is 4.12. The van der Waals surface area contributed by atoms with Gasteiger partial charge in [-0.15, -0.1) is 0 Å². The predicted octanol–water partition coefficient (Wildman–Crippen LogP) is 3.32. The van der Waals surface area contributed by atoms with Gasteiger partial charge in [0.2, 0.25) is 0 Å². The summed E-state index contributed by atoms with van der Waals surface area (Å²) >= 11 is 7.66. The molecular formula is C12H13BrN2OS. The lowest BCUT2D eigenvalue weighted by molar-refractivity contribution is 0.412. The molecule has 0 saturated carbocycles. The average molecular weight is 313 g/mol. The van der Waals surface area contributed by atoms with E-state index in [-0.39, 0.29) is 0 Å². The highest BCUT2D eigenvalue weighted by Gasteiger charge is 2.06. The third-order valence-electron chi connectivity index (χ3n) is 2.44. The maximum absolute atomic E-state index is 5.20. The minimum atomic E-state index is 0.791. The summed E-state index contributed by atoms with van der Waals surface area (Å²) in [6, 6.07) is 5.94. The number of aromatic amines is 1. The van der Waals surface area contributed by atoms with Gasteiger partial charge in [-0.25, -0.2) is 4.98 Å². The second kappa shape index (κ2) is 5.60. The van der Waals surface area contributed by atoms with Gasteiger partial charge in [-0.2, -0.15) is 12.6 Å². The van der Waals surface area contributed by atoms with E-state index in [2.05, 4.69) is 38.5 Å². The fraction of sp³-hybridized carbons (Fsp3) is 0.250. The molecule has 17 heavy (non-hydrogen) atoms. The van der Waals surface area contributed by atoms with Crippen molar-refractivity contribution in [3.05, 3.63) is 34.7 Å². The summed E-state index contributed by atoms with van der Waals surface area (Å²) in [5.41, 5.74) is 2.08. The highest BCUT2D eigenvalue weighted by atomic mass is 79.9. The monoisotopic (exact) mass is 312 g/mol. The summed E-state index contributed by atoms with van der Waals surface area (Å²) in [6.45, 7) is 0. The summed E-state index contributed by atoms with van der Waals surface area (Å²) in [5, 5.41) is 0. The fourth-order valence-corrected chi connectivity index (χ4v) is 2.33. The van der Waals surface area contributed by atoms with E-state index in [1.807, 2.05) is 24.4 Å². The Morgan fingerprint density at radius 3 is 2.94 bits per heavy atom. The lowest BCUT2D eigenvalue weighted by Gasteiger charge is -2.04. The normalized spacial score (nSPS) is 10.5. The molecule has 0 aliphatic heterocycles. The summed E-state index contributed by atoms with van der Waals surface area (Å²) in [5.74, 6) is 2.57. The molecule has 90 valence electrons.